The molecule has 140 valence electrons. The van der Waals surface area contributed by atoms with E-state index in [9.17, 15) is 9.59 Å². The van der Waals surface area contributed by atoms with Crippen molar-refractivity contribution in [2.75, 3.05) is 20.3 Å². The van der Waals surface area contributed by atoms with Crippen molar-refractivity contribution in [3.8, 4) is 11.5 Å². The summed E-state index contributed by atoms with van der Waals surface area (Å²) >= 11 is 6.46. The van der Waals surface area contributed by atoms with Gasteiger partial charge in [0.05, 0.1) is 18.6 Å². The smallest absolute Gasteiger partial charge is 0.303 e. The number of hydrogen-bond acceptors (Lipinski definition) is 6. The van der Waals surface area contributed by atoms with Crippen molar-refractivity contribution in [1.82, 2.24) is 4.90 Å². The van der Waals surface area contributed by atoms with Crippen LogP contribution in [0.15, 0.2) is 23.1 Å². The van der Waals surface area contributed by atoms with E-state index < -0.39 is 5.97 Å². The molecule has 1 amide bonds. The highest BCUT2D eigenvalue weighted by Crippen LogP contribution is 2.34. The molecule has 1 aromatic carbocycles. The van der Waals surface area contributed by atoms with Gasteiger partial charge in [0.25, 0.3) is 5.91 Å². The standard InChI is InChI=1S/C18H21NO5S2/c1-3-9-24-13-7-6-12(10-14(13)23-2)11-15-17(22)19(18(25)26-15)8-4-5-16(20)21/h6-7,10-11H,3-5,8-9H2,1-2H3,(H,20,21). The number of aliphatic carboxylic acids is 1. The molecule has 0 bridgehead atoms. The van der Waals surface area contributed by atoms with Crippen LogP contribution in [0.25, 0.3) is 6.08 Å². The van der Waals surface area contributed by atoms with Crippen LogP contribution < -0.4 is 9.47 Å². The summed E-state index contributed by atoms with van der Waals surface area (Å²) in [7, 11) is 1.57. The minimum Gasteiger partial charge on any atom is -0.493 e. The minimum absolute atomic E-state index is 0.00648. The Balaban J connectivity index is 2.12. The van der Waals surface area contributed by atoms with Gasteiger partial charge in [0.1, 0.15) is 4.32 Å². The number of rotatable bonds is 9. The Kier molecular flexibility index (Phi) is 7.47. The maximum atomic E-state index is 12.5. The SMILES string of the molecule is CCCOc1ccc(C=C2SC(=S)N(CCCC(=O)O)C2=O)cc1OC. The number of methoxy groups -OCH3 is 1. The number of hydrogen-bond donors (Lipinski definition) is 1. The van der Waals surface area contributed by atoms with Crippen LogP contribution in [0.2, 0.25) is 0 Å². The van der Waals surface area contributed by atoms with Crippen LogP contribution in [0.1, 0.15) is 31.7 Å². The van der Waals surface area contributed by atoms with Crippen LogP contribution in [0.5, 0.6) is 11.5 Å². The highest BCUT2D eigenvalue weighted by Gasteiger charge is 2.31. The maximum Gasteiger partial charge on any atom is 0.303 e. The molecule has 2 rings (SSSR count). The van der Waals surface area contributed by atoms with E-state index in [2.05, 4.69) is 0 Å². The molecule has 0 aromatic heterocycles. The number of benzene rings is 1. The molecule has 6 nitrogen and oxygen atoms in total. The number of nitrogens with zero attached hydrogens (tertiary/aromatic N) is 1. The Labute approximate surface area is 162 Å². The van der Waals surface area contributed by atoms with Gasteiger partial charge in [-0.1, -0.05) is 37.0 Å². The van der Waals surface area contributed by atoms with E-state index in [0.29, 0.717) is 40.3 Å². The van der Waals surface area contributed by atoms with Gasteiger partial charge in [-0.15, -0.1) is 0 Å². The molecular weight excluding hydrogens is 374 g/mol. The largest absolute Gasteiger partial charge is 0.493 e. The van der Waals surface area contributed by atoms with Crippen molar-refractivity contribution in [3.05, 3.63) is 28.7 Å². The quantitative estimate of drug-likeness (QED) is 0.506. The predicted molar refractivity (Wildman–Crippen MR) is 106 cm³/mol. The molecule has 0 unspecified atom stereocenters. The first-order valence-electron chi connectivity index (χ1n) is 8.24. The molecule has 26 heavy (non-hydrogen) atoms. The van der Waals surface area contributed by atoms with E-state index in [4.69, 9.17) is 26.8 Å². The van der Waals surface area contributed by atoms with Gasteiger partial charge < -0.3 is 14.6 Å². The highest BCUT2D eigenvalue weighted by atomic mass is 32.2. The zero-order chi connectivity index (χ0) is 19.1. The van der Waals surface area contributed by atoms with Crippen molar-refractivity contribution in [3.63, 3.8) is 0 Å². The van der Waals surface area contributed by atoms with Crippen molar-refractivity contribution < 1.29 is 24.2 Å². The number of carbonyl (C=O) groups is 2. The summed E-state index contributed by atoms with van der Waals surface area (Å²) in [4.78, 5) is 25.1. The third-order valence-electron chi connectivity index (χ3n) is 3.59. The lowest BCUT2D eigenvalue weighted by molar-refractivity contribution is -0.137. The minimum atomic E-state index is -0.886. The molecule has 1 heterocycles. The lowest BCUT2D eigenvalue weighted by Gasteiger charge is -2.13. The molecule has 1 aliphatic heterocycles. The summed E-state index contributed by atoms with van der Waals surface area (Å²) in [6.07, 6.45) is 3.02. The Bertz CT molecular complexity index is 732. The van der Waals surface area contributed by atoms with E-state index in [1.54, 1.807) is 13.2 Å². The zero-order valence-corrected chi connectivity index (χ0v) is 16.3. The molecule has 1 N–H and O–H groups in total. The van der Waals surface area contributed by atoms with Crippen LogP contribution in [0, 0.1) is 0 Å². The number of ether oxygens (including phenoxy) is 2. The molecule has 0 aliphatic carbocycles. The molecule has 1 aliphatic rings. The molecule has 0 spiro atoms. The molecule has 1 saturated heterocycles. The number of carboxylic acid groups (broad SMARTS) is 1. The van der Waals surface area contributed by atoms with Crippen LogP contribution >= 0.6 is 24.0 Å². The third kappa shape index (κ3) is 5.22. The highest BCUT2D eigenvalue weighted by molar-refractivity contribution is 8.26. The maximum absolute atomic E-state index is 12.5. The number of amides is 1. The Morgan fingerprint density at radius 1 is 1.38 bits per heavy atom. The van der Waals surface area contributed by atoms with Crippen molar-refractivity contribution in [2.24, 2.45) is 0 Å². The molecule has 8 heteroatoms. The zero-order valence-electron chi connectivity index (χ0n) is 14.7. The van der Waals surface area contributed by atoms with Crippen LogP contribution in [0.3, 0.4) is 0 Å². The van der Waals surface area contributed by atoms with Crippen LogP contribution in [-0.2, 0) is 9.59 Å². The first kappa shape index (κ1) is 20.3. The number of thioether (sulfide) groups is 1. The van der Waals surface area contributed by atoms with Crippen LogP contribution in [0.4, 0.5) is 0 Å². The number of thiocarbonyl (C=S) groups is 1. The van der Waals surface area contributed by atoms with Gasteiger partial charge in [0, 0.05) is 13.0 Å². The molecule has 0 atom stereocenters. The topological polar surface area (TPSA) is 76.1 Å². The first-order valence-corrected chi connectivity index (χ1v) is 9.46. The van der Waals surface area contributed by atoms with Gasteiger partial charge in [-0.3, -0.25) is 14.5 Å². The van der Waals surface area contributed by atoms with Gasteiger partial charge in [0.15, 0.2) is 11.5 Å². The lowest BCUT2D eigenvalue weighted by Crippen LogP contribution is -2.29. The second-order valence-corrected chi connectivity index (χ2v) is 7.27. The number of carboxylic acids is 1. The van der Waals surface area contributed by atoms with E-state index in [1.807, 2.05) is 25.1 Å². The normalized spacial score (nSPS) is 15.6. The van der Waals surface area contributed by atoms with Gasteiger partial charge in [-0.2, -0.15) is 0 Å². The summed E-state index contributed by atoms with van der Waals surface area (Å²) in [5.74, 6) is 0.177. The Hall–Kier alpha value is -2.06. The molecule has 0 radical (unpaired) electrons. The summed E-state index contributed by atoms with van der Waals surface area (Å²) in [6.45, 7) is 2.94. The van der Waals surface area contributed by atoms with Gasteiger partial charge in [-0.25, -0.2) is 0 Å². The van der Waals surface area contributed by atoms with Crippen molar-refractivity contribution >= 4 is 46.3 Å². The van der Waals surface area contributed by atoms with E-state index in [1.165, 1.54) is 16.7 Å². The summed E-state index contributed by atoms with van der Waals surface area (Å²) in [5.41, 5.74) is 0.803. The van der Waals surface area contributed by atoms with Gasteiger partial charge in [-0.05, 0) is 36.6 Å². The average Bonchev–Trinajstić information content (AvgIpc) is 2.87. The van der Waals surface area contributed by atoms with Gasteiger partial charge in [0.2, 0.25) is 0 Å². The Morgan fingerprint density at radius 3 is 2.81 bits per heavy atom. The molecule has 0 saturated carbocycles. The fraction of sp³-hybridized carbons (Fsp3) is 0.389. The lowest BCUT2D eigenvalue weighted by atomic mass is 10.2. The fourth-order valence-corrected chi connectivity index (χ4v) is 3.65. The molecule has 1 fully saturated rings. The molecular formula is C18H21NO5S2. The summed E-state index contributed by atoms with van der Waals surface area (Å²) in [5, 5.41) is 8.72. The van der Waals surface area contributed by atoms with Crippen molar-refractivity contribution in [1.29, 1.82) is 0 Å². The number of carbonyl (C=O) groups excluding carboxylic acids is 1. The van der Waals surface area contributed by atoms with E-state index >= 15 is 0 Å². The fourth-order valence-electron chi connectivity index (χ4n) is 2.34. The summed E-state index contributed by atoms with van der Waals surface area (Å²) < 4.78 is 11.4. The average molecular weight is 396 g/mol. The van der Waals surface area contributed by atoms with Crippen LogP contribution in [-0.4, -0.2) is 46.5 Å². The summed E-state index contributed by atoms with van der Waals surface area (Å²) in [6, 6.07) is 5.47. The van der Waals surface area contributed by atoms with E-state index in [0.717, 1.165) is 12.0 Å². The monoisotopic (exact) mass is 395 g/mol. The van der Waals surface area contributed by atoms with E-state index in [-0.39, 0.29) is 12.3 Å². The van der Waals surface area contributed by atoms with Crippen molar-refractivity contribution in [2.45, 2.75) is 26.2 Å². The second kappa shape index (κ2) is 9.59. The van der Waals surface area contributed by atoms with Gasteiger partial charge >= 0.3 is 5.97 Å². The Morgan fingerprint density at radius 2 is 2.15 bits per heavy atom. The third-order valence-corrected chi connectivity index (χ3v) is 4.97. The second-order valence-electron chi connectivity index (χ2n) is 5.59. The first-order chi connectivity index (χ1) is 12.5. The molecule has 1 aromatic rings. The predicted octanol–water partition coefficient (Wildman–Crippen LogP) is 3.55.